The lowest BCUT2D eigenvalue weighted by Crippen LogP contribution is -2.47. The van der Waals surface area contributed by atoms with Gasteiger partial charge in [-0.15, -0.1) is 0 Å². The Kier molecular flexibility index (Phi) is 4.88. The average molecular weight is 355 g/mol. The molecule has 0 bridgehead atoms. The number of aromatic nitrogens is 3. The van der Waals surface area contributed by atoms with Crippen LogP contribution in [0.1, 0.15) is 23.0 Å². The maximum absolute atomic E-state index is 13.0. The number of aromatic amines is 1. The number of ether oxygens (including phenoxy) is 1. The number of morpholine rings is 1. The molecule has 0 radical (unpaired) electrons. The van der Waals surface area contributed by atoms with Crippen molar-refractivity contribution in [1.29, 1.82) is 0 Å². The van der Waals surface area contributed by atoms with Gasteiger partial charge in [-0.1, -0.05) is 12.1 Å². The van der Waals surface area contributed by atoms with E-state index in [9.17, 15) is 18.0 Å². The van der Waals surface area contributed by atoms with Crippen molar-refractivity contribution in [3.63, 3.8) is 0 Å². The van der Waals surface area contributed by atoms with Crippen LogP contribution in [-0.2, 0) is 10.9 Å². The molecule has 3 rings (SSSR count). The Morgan fingerprint density at radius 2 is 2.08 bits per heavy atom. The number of amides is 2. The molecule has 25 heavy (non-hydrogen) atoms. The summed E-state index contributed by atoms with van der Waals surface area (Å²) in [5, 5.41) is 9.03. The van der Waals surface area contributed by atoms with E-state index in [1.807, 2.05) is 0 Å². The minimum atomic E-state index is -4.48. The van der Waals surface area contributed by atoms with E-state index in [-0.39, 0.29) is 11.4 Å². The van der Waals surface area contributed by atoms with Gasteiger partial charge in [-0.05, 0) is 17.7 Å². The van der Waals surface area contributed by atoms with Crippen LogP contribution >= 0.6 is 0 Å². The second-order valence-corrected chi connectivity index (χ2v) is 5.48. The molecule has 10 heteroatoms. The number of halogens is 3. The third-order valence-corrected chi connectivity index (χ3v) is 3.82. The molecule has 1 unspecified atom stereocenters. The van der Waals surface area contributed by atoms with Gasteiger partial charge in [-0.25, -0.2) is 9.78 Å². The van der Waals surface area contributed by atoms with Crippen LogP contribution in [0.2, 0.25) is 0 Å². The lowest BCUT2D eigenvalue weighted by Gasteiger charge is -2.29. The summed E-state index contributed by atoms with van der Waals surface area (Å²) < 4.78 is 44.1. The van der Waals surface area contributed by atoms with Crippen molar-refractivity contribution in [2.45, 2.75) is 12.2 Å². The first-order valence-corrected chi connectivity index (χ1v) is 7.61. The smallest absolute Gasteiger partial charge is 0.378 e. The highest BCUT2D eigenvalue weighted by atomic mass is 19.4. The second-order valence-electron chi connectivity index (χ2n) is 5.48. The molecular formula is C15H16F3N5O2. The predicted molar refractivity (Wildman–Crippen MR) is 80.6 cm³/mol. The highest BCUT2D eigenvalue weighted by molar-refractivity contribution is 5.75. The van der Waals surface area contributed by atoms with Crippen molar-refractivity contribution >= 4 is 6.03 Å². The Morgan fingerprint density at radius 3 is 2.72 bits per heavy atom. The molecule has 1 atom stereocenters. The number of alkyl halides is 3. The molecule has 2 aromatic rings. The molecule has 2 amide bonds. The van der Waals surface area contributed by atoms with Crippen LogP contribution in [0.4, 0.5) is 18.0 Å². The molecule has 1 aromatic heterocycles. The molecule has 0 aliphatic carbocycles. The number of rotatable bonds is 3. The van der Waals surface area contributed by atoms with Crippen LogP contribution in [0.25, 0.3) is 0 Å². The summed E-state index contributed by atoms with van der Waals surface area (Å²) in [4.78, 5) is 18.0. The van der Waals surface area contributed by atoms with Gasteiger partial charge < -0.3 is 15.0 Å². The van der Waals surface area contributed by atoms with Crippen molar-refractivity contribution in [1.82, 2.24) is 25.4 Å². The van der Waals surface area contributed by atoms with E-state index in [0.29, 0.717) is 26.3 Å². The molecule has 0 saturated carbocycles. The van der Waals surface area contributed by atoms with Crippen LogP contribution < -0.4 is 5.32 Å². The number of hydrogen-bond donors (Lipinski definition) is 2. The first kappa shape index (κ1) is 17.2. The first-order valence-electron chi connectivity index (χ1n) is 7.61. The maximum atomic E-state index is 13.0. The van der Waals surface area contributed by atoms with Crippen molar-refractivity contribution in [3.8, 4) is 0 Å². The summed E-state index contributed by atoms with van der Waals surface area (Å²) in [5.41, 5.74) is -0.539. The minimum Gasteiger partial charge on any atom is -0.378 e. The van der Waals surface area contributed by atoms with Gasteiger partial charge in [-0.3, -0.25) is 5.10 Å². The van der Waals surface area contributed by atoms with Crippen molar-refractivity contribution in [2.24, 2.45) is 0 Å². The number of nitrogens with one attached hydrogen (secondary N) is 2. The molecular weight excluding hydrogens is 339 g/mol. The van der Waals surface area contributed by atoms with Gasteiger partial charge in [0.25, 0.3) is 0 Å². The lowest BCUT2D eigenvalue weighted by molar-refractivity contribution is -0.137. The maximum Gasteiger partial charge on any atom is 0.416 e. The number of carbonyl (C=O) groups excluding carboxylic acids is 1. The van der Waals surface area contributed by atoms with E-state index in [0.717, 1.165) is 12.1 Å². The Balaban J connectivity index is 1.87. The first-order chi connectivity index (χ1) is 11.9. The molecule has 134 valence electrons. The summed E-state index contributed by atoms with van der Waals surface area (Å²) in [6.07, 6.45) is -3.24. The van der Waals surface area contributed by atoms with E-state index in [2.05, 4.69) is 20.5 Å². The number of H-pyrrole nitrogens is 1. The Labute approximate surface area is 141 Å². The van der Waals surface area contributed by atoms with Crippen LogP contribution in [-0.4, -0.2) is 52.4 Å². The van der Waals surface area contributed by atoms with Gasteiger partial charge in [0.2, 0.25) is 0 Å². The fourth-order valence-electron chi connectivity index (χ4n) is 2.54. The molecule has 2 N–H and O–H groups in total. The second kappa shape index (κ2) is 7.09. The fourth-order valence-corrected chi connectivity index (χ4v) is 2.54. The minimum absolute atomic E-state index is 0.251. The van der Waals surface area contributed by atoms with Crippen LogP contribution in [0.5, 0.6) is 0 Å². The van der Waals surface area contributed by atoms with Crippen molar-refractivity contribution in [2.75, 3.05) is 26.3 Å². The quantitative estimate of drug-likeness (QED) is 0.882. The Hall–Kier alpha value is -2.62. The molecule has 1 saturated heterocycles. The molecule has 1 aliphatic heterocycles. The van der Waals surface area contributed by atoms with Crippen LogP contribution in [0.15, 0.2) is 30.6 Å². The SMILES string of the molecule is O=C(NC(c1cccc(C(F)(F)F)c1)c1ncn[nH]1)N1CCOCC1. The Bertz CT molecular complexity index is 714. The molecule has 2 heterocycles. The number of urea groups is 1. The van der Waals surface area contributed by atoms with Gasteiger partial charge in [0.05, 0.1) is 18.8 Å². The number of benzene rings is 1. The summed E-state index contributed by atoms with van der Waals surface area (Å²) in [5.74, 6) is 0.251. The van der Waals surface area contributed by atoms with E-state index in [1.165, 1.54) is 18.5 Å². The van der Waals surface area contributed by atoms with E-state index in [4.69, 9.17) is 4.74 Å². The number of hydrogen-bond acceptors (Lipinski definition) is 4. The topological polar surface area (TPSA) is 83.1 Å². The normalized spacial score (nSPS) is 16.5. The fraction of sp³-hybridized carbons (Fsp3) is 0.400. The Morgan fingerprint density at radius 1 is 1.32 bits per heavy atom. The number of nitrogens with zero attached hydrogens (tertiary/aromatic N) is 3. The zero-order valence-electron chi connectivity index (χ0n) is 13.1. The standard InChI is InChI=1S/C15H16F3N5O2/c16-15(17,18)11-3-1-2-10(8-11)12(13-19-9-20-22-13)21-14(24)23-4-6-25-7-5-23/h1-3,8-9,12H,4-7H2,(H,21,24)(H,19,20,22). The van der Waals surface area contributed by atoms with Crippen LogP contribution in [0.3, 0.4) is 0 Å². The third kappa shape index (κ3) is 4.08. The third-order valence-electron chi connectivity index (χ3n) is 3.82. The zero-order chi connectivity index (χ0) is 17.9. The van der Waals surface area contributed by atoms with Crippen LogP contribution in [0, 0.1) is 0 Å². The van der Waals surface area contributed by atoms with Gasteiger partial charge >= 0.3 is 12.2 Å². The lowest BCUT2D eigenvalue weighted by atomic mass is 10.0. The predicted octanol–water partition coefficient (Wildman–Crippen LogP) is 1.95. The van der Waals surface area contributed by atoms with Gasteiger partial charge in [0.15, 0.2) is 5.82 Å². The molecule has 1 aliphatic rings. The molecule has 1 fully saturated rings. The molecule has 1 aromatic carbocycles. The highest BCUT2D eigenvalue weighted by Gasteiger charge is 2.32. The summed E-state index contributed by atoms with van der Waals surface area (Å²) >= 11 is 0. The molecule has 0 spiro atoms. The summed E-state index contributed by atoms with van der Waals surface area (Å²) in [7, 11) is 0. The van der Waals surface area contributed by atoms with Gasteiger partial charge in [0, 0.05) is 13.1 Å². The monoisotopic (exact) mass is 355 g/mol. The van der Waals surface area contributed by atoms with Gasteiger partial charge in [-0.2, -0.15) is 18.3 Å². The van der Waals surface area contributed by atoms with E-state index in [1.54, 1.807) is 4.90 Å². The summed E-state index contributed by atoms with van der Waals surface area (Å²) in [6.45, 7) is 1.67. The van der Waals surface area contributed by atoms with E-state index < -0.39 is 23.8 Å². The van der Waals surface area contributed by atoms with Crippen molar-refractivity contribution in [3.05, 3.63) is 47.5 Å². The zero-order valence-corrected chi connectivity index (χ0v) is 13.1. The van der Waals surface area contributed by atoms with Crippen molar-refractivity contribution < 1.29 is 22.7 Å². The number of carbonyl (C=O) groups is 1. The average Bonchev–Trinajstić information content (AvgIpc) is 3.14. The largest absolute Gasteiger partial charge is 0.416 e. The van der Waals surface area contributed by atoms with Gasteiger partial charge in [0.1, 0.15) is 12.4 Å². The summed E-state index contributed by atoms with van der Waals surface area (Å²) in [6, 6.07) is 3.49. The van der Waals surface area contributed by atoms with E-state index >= 15 is 0 Å². The highest BCUT2D eigenvalue weighted by Crippen LogP contribution is 2.31. The molecule has 7 nitrogen and oxygen atoms in total.